The predicted molar refractivity (Wildman–Crippen MR) is 89.7 cm³/mol. The van der Waals surface area contributed by atoms with E-state index in [0.717, 1.165) is 15.8 Å². The van der Waals surface area contributed by atoms with E-state index in [1.165, 1.54) is 18.3 Å². The molecule has 1 N–H and O–H groups in total. The van der Waals surface area contributed by atoms with Gasteiger partial charge in [0.15, 0.2) is 0 Å². The van der Waals surface area contributed by atoms with E-state index in [9.17, 15) is 8.42 Å². The second-order valence-corrected chi connectivity index (χ2v) is 6.89. The summed E-state index contributed by atoms with van der Waals surface area (Å²) in [5.74, 6) is 0.759. The van der Waals surface area contributed by atoms with Gasteiger partial charge < -0.3 is 4.74 Å². The van der Waals surface area contributed by atoms with Gasteiger partial charge in [0.25, 0.3) is 10.0 Å². The molecule has 5 nitrogen and oxygen atoms in total. The molecule has 0 atom stereocenters. The highest BCUT2D eigenvalue weighted by Gasteiger charge is 2.11. The van der Waals surface area contributed by atoms with Gasteiger partial charge in [-0.25, -0.2) is 4.83 Å². The average Bonchev–Trinajstić information content (AvgIpc) is 2.50. The SMILES string of the molecule is CCOc1ccc(/C=N/NS(=O)(=O)c2ccc(Br)cc2)cc1. The van der Waals surface area contributed by atoms with Crippen LogP contribution < -0.4 is 9.57 Å². The van der Waals surface area contributed by atoms with Crippen molar-refractivity contribution in [3.05, 3.63) is 58.6 Å². The fourth-order valence-electron chi connectivity index (χ4n) is 1.65. The molecule has 0 heterocycles. The lowest BCUT2D eigenvalue weighted by Gasteiger charge is -2.04. The topological polar surface area (TPSA) is 67.8 Å². The Kier molecular flexibility index (Phi) is 5.57. The summed E-state index contributed by atoms with van der Waals surface area (Å²) in [6.07, 6.45) is 1.44. The average molecular weight is 383 g/mol. The maximum absolute atomic E-state index is 12.0. The van der Waals surface area contributed by atoms with Crippen LogP contribution in [0.1, 0.15) is 12.5 Å². The summed E-state index contributed by atoms with van der Waals surface area (Å²) in [5.41, 5.74) is 0.766. The van der Waals surface area contributed by atoms with Crippen LogP contribution >= 0.6 is 15.9 Å². The van der Waals surface area contributed by atoms with Crippen LogP contribution in [0.25, 0.3) is 0 Å². The summed E-state index contributed by atoms with van der Waals surface area (Å²) in [7, 11) is -3.66. The van der Waals surface area contributed by atoms with E-state index >= 15 is 0 Å². The fraction of sp³-hybridized carbons (Fsp3) is 0.133. The number of ether oxygens (including phenoxy) is 1. The lowest BCUT2D eigenvalue weighted by Crippen LogP contribution is -2.18. The Morgan fingerprint density at radius 1 is 1.14 bits per heavy atom. The molecule has 2 rings (SSSR count). The number of hydrogen-bond acceptors (Lipinski definition) is 4. The molecule has 0 spiro atoms. The number of hydrogen-bond donors (Lipinski definition) is 1. The van der Waals surface area contributed by atoms with E-state index in [2.05, 4.69) is 25.9 Å². The lowest BCUT2D eigenvalue weighted by molar-refractivity contribution is 0.340. The molecule has 0 aliphatic heterocycles. The third kappa shape index (κ3) is 4.57. The first kappa shape index (κ1) is 16.5. The fourth-order valence-corrected chi connectivity index (χ4v) is 2.71. The van der Waals surface area contributed by atoms with Crippen molar-refractivity contribution < 1.29 is 13.2 Å². The minimum atomic E-state index is -3.66. The van der Waals surface area contributed by atoms with Gasteiger partial charge in [0.1, 0.15) is 5.75 Å². The summed E-state index contributed by atoms with van der Waals surface area (Å²) in [6, 6.07) is 13.5. The van der Waals surface area contributed by atoms with Crippen LogP contribution in [0.5, 0.6) is 5.75 Å². The van der Waals surface area contributed by atoms with Crippen LogP contribution in [0, 0.1) is 0 Å². The van der Waals surface area contributed by atoms with Gasteiger partial charge in [-0.15, -0.1) is 0 Å². The zero-order valence-corrected chi connectivity index (χ0v) is 14.3. The van der Waals surface area contributed by atoms with Gasteiger partial charge in [0.2, 0.25) is 0 Å². The molecule has 116 valence electrons. The molecule has 0 aliphatic rings. The molecule has 0 fully saturated rings. The number of nitrogens with zero attached hydrogens (tertiary/aromatic N) is 1. The smallest absolute Gasteiger partial charge is 0.276 e. The summed E-state index contributed by atoms with van der Waals surface area (Å²) in [6.45, 7) is 2.51. The van der Waals surface area contributed by atoms with Crippen molar-refractivity contribution in [3.63, 3.8) is 0 Å². The molecule has 0 unspecified atom stereocenters. The second-order valence-electron chi connectivity index (χ2n) is 4.31. The molecule has 0 aromatic heterocycles. The van der Waals surface area contributed by atoms with E-state index in [-0.39, 0.29) is 4.90 Å². The molecule has 0 saturated carbocycles. The van der Waals surface area contributed by atoms with E-state index in [1.807, 2.05) is 6.92 Å². The minimum Gasteiger partial charge on any atom is -0.494 e. The molecule has 2 aromatic rings. The second kappa shape index (κ2) is 7.42. The predicted octanol–water partition coefficient (Wildman–Crippen LogP) is 3.16. The van der Waals surface area contributed by atoms with Crippen molar-refractivity contribution >= 4 is 32.2 Å². The van der Waals surface area contributed by atoms with Crippen LogP contribution in [0.3, 0.4) is 0 Å². The third-order valence-corrected chi connectivity index (χ3v) is 4.47. The van der Waals surface area contributed by atoms with Crippen LogP contribution in [-0.2, 0) is 10.0 Å². The van der Waals surface area contributed by atoms with Gasteiger partial charge in [-0.3, -0.25) is 0 Å². The minimum absolute atomic E-state index is 0.152. The molecule has 0 radical (unpaired) electrons. The van der Waals surface area contributed by atoms with Gasteiger partial charge in [-0.1, -0.05) is 15.9 Å². The third-order valence-electron chi connectivity index (χ3n) is 2.70. The number of benzene rings is 2. The van der Waals surface area contributed by atoms with E-state index in [0.29, 0.717) is 6.61 Å². The Labute approximate surface area is 138 Å². The Morgan fingerprint density at radius 3 is 2.36 bits per heavy atom. The molecule has 2 aromatic carbocycles. The van der Waals surface area contributed by atoms with Gasteiger partial charge in [0, 0.05) is 4.47 Å². The van der Waals surface area contributed by atoms with Crippen LogP contribution in [0.2, 0.25) is 0 Å². The first-order valence-electron chi connectivity index (χ1n) is 6.54. The van der Waals surface area contributed by atoms with Crippen LogP contribution in [-0.4, -0.2) is 21.2 Å². The molecular formula is C15H15BrN2O3S. The number of nitrogens with one attached hydrogen (secondary N) is 1. The maximum atomic E-state index is 12.0. The lowest BCUT2D eigenvalue weighted by atomic mass is 10.2. The van der Waals surface area contributed by atoms with Crippen molar-refractivity contribution in [2.24, 2.45) is 5.10 Å². The van der Waals surface area contributed by atoms with Crippen LogP contribution in [0.15, 0.2) is 63.0 Å². The highest BCUT2D eigenvalue weighted by Crippen LogP contribution is 2.14. The maximum Gasteiger partial charge on any atom is 0.276 e. The number of sulfonamides is 1. The molecule has 0 saturated heterocycles. The van der Waals surface area contributed by atoms with Gasteiger partial charge in [-0.2, -0.15) is 13.5 Å². The monoisotopic (exact) mass is 382 g/mol. The number of halogens is 1. The quantitative estimate of drug-likeness (QED) is 0.616. The normalized spacial score (nSPS) is 11.5. The standard InChI is InChI=1S/C15H15BrN2O3S/c1-2-21-14-7-3-12(4-8-14)11-17-18-22(19,20)15-9-5-13(16)6-10-15/h3-11,18H,2H2,1H3/b17-11+. The van der Waals surface area contributed by atoms with E-state index in [4.69, 9.17) is 4.74 Å². The molecule has 0 aliphatic carbocycles. The molecule has 0 amide bonds. The van der Waals surface area contributed by atoms with Crippen molar-refractivity contribution in [3.8, 4) is 5.75 Å². The summed E-state index contributed by atoms with van der Waals surface area (Å²) in [5, 5.41) is 3.77. The molecule has 22 heavy (non-hydrogen) atoms. The number of rotatable bonds is 6. The Bertz CT molecular complexity index is 741. The Hall–Kier alpha value is -1.86. The highest BCUT2D eigenvalue weighted by atomic mass is 79.9. The van der Waals surface area contributed by atoms with Gasteiger partial charge in [-0.05, 0) is 61.0 Å². The molecule has 0 bridgehead atoms. The molecule has 7 heteroatoms. The largest absolute Gasteiger partial charge is 0.494 e. The Balaban J connectivity index is 2.03. The van der Waals surface area contributed by atoms with Crippen molar-refractivity contribution in [2.75, 3.05) is 6.61 Å². The van der Waals surface area contributed by atoms with E-state index < -0.39 is 10.0 Å². The van der Waals surface area contributed by atoms with Gasteiger partial charge >= 0.3 is 0 Å². The van der Waals surface area contributed by atoms with Crippen LogP contribution in [0.4, 0.5) is 0 Å². The van der Waals surface area contributed by atoms with E-state index in [1.54, 1.807) is 36.4 Å². The summed E-state index contributed by atoms with van der Waals surface area (Å²) >= 11 is 3.26. The van der Waals surface area contributed by atoms with Crippen molar-refractivity contribution in [1.29, 1.82) is 0 Å². The van der Waals surface area contributed by atoms with Crippen molar-refractivity contribution in [2.45, 2.75) is 11.8 Å². The summed E-state index contributed by atoms with van der Waals surface area (Å²) < 4.78 is 30.2. The summed E-state index contributed by atoms with van der Waals surface area (Å²) in [4.78, 5) is 2.33. The zero-order valence-electron chi connectivity index (χ0n) is 11.9. The number of hydrazone groups is 1. The van der Waals surface area contributed by atoms with Crippen molar-refractivity contribution in [1.82, 2.24) is 4.83 Å². The first-order valence-corrected chi connectivity index (χ1v) is 8.82. The molecular weight excluding hydrogens is 368 g/mol. The Morgan fingerprint density at radius 2 is 1.77 bits per heavy atom. The first-order chi connectivity index (χ1) is 10.5. The zero-order chi connectivity index (χ0) is 16.0. The van der Waals surface area contributed by atoms with Gasteiger partial charge in [0.05, 0.1) is 17.7 Å². The highest BCUT2D eigenvalue weighted by molar-refractivity contribution is 9.10.